The van der Waals surface area contributed by atoms with Crippen LogP contribution in [-0.2, 0) is 45.5 Å². The lowest BCUT2D eigenvalue weighted by atomic mass is 10.0. The first-order chi connectivity index (χ1) is 28.1. The number of nitrogens with zero attached hydrogens (tertiary/aromatic N) is 1. The molecule has 0 saturated carbocycles. The van der Waals surface area contributed by atoms with Crippen LogP contribution in [0.4, 0.5) is 0 Å². The lowest BCUT2D eigenvalue weighted by Crippen LogP contribution is -2.37. The van der Waals surface area contributed by atoms with Crippen molar-refractivity contribution < 1.29 is 56.7 Å². The van der Waals surface area contributed by atoms with Crippen molar-refractivity contribution in [3.63, 3.8) is 0 Å². The zero-order valence-electron chi connectivity index (χ0n) is 37.4. The number of furan rings is 1. The molecule has 3 N–H and O–H groups in total. The topological polar surface area (TPSA) is 162 Å². The minimum atomic E-state index is -4.45. The molecule has 0 aliphatic carbocycles. The van der Waals surface area contributed by atoms with E-state index in [1.165, 1.54) is 11.1 Å². The van der Waals surface area contributed by atoms with Crippen LogP contribution in [0, 0.1) is 13.8 Å². The number of ether oxygens (including phenoxy) is 2. The second-order valence-corrected chi connectivity index (χ2v) is 17.8. The van der Waals surface area contributed by atoms with Crippen LogP contribution in [0.1, 0.15) is 139 Å². The highest BCUT2D eigenvalue weighted by Crippen LogP contribution is 2.43. The van der Waals surface area contributed by atoms with Crippen molar-refractivity contribution >= 4 is 19.8 Å². The largest absolute Gasteiger partial charge is 0.472 e. The molecule has 0 aliphatic rings. The van der Waals surface area contributed by atoms with E-state index in [9.17, 15) is 29.3 Å². The number of aliphatic hydroxyl groups is 2. The molecule has 0 bridgehead atoms. The lowest BCUT2D eigenvalue weighted by molar-refractivity contribution is -0.870. The molecule has 1 aromatic heterocycles. The molecule has 12 nitrogen and oxygen atoms in total. The summed E-state index contributed by atoms with van der Waals surface area (Å²) in [6.45, 7) is 8.18. The van der Waals surface area contributed by atoms with E-state index < -0.39 is 44.7 Å². The summed E-state index contributed by atoms with van der Waals surface area (Å²) < 4.78 is 40.2. The van der Waals surface area contributed by atoms with Crippen molar-refractivity contribution in [2.24, 2.45) is 0 Å². The van der Waals surface area contributed by atoms with Crippen molar-refractivity contribution in [3.05, 3.63) is 71.3 Å². The predicted molar refractivity (Wildman–Crippen MR) is 235 cm³/mol. The molecule has 0 saturated heterocycles. The number of aliphatic hydroxyl groups excluding tert-OH is 2. The summed E-state index contributed by atoms with van der Waals surface area (Å²) in [6.07, 6.45) is 26.7. The fraction of sp³-hybridized carbons (Fsp3) is 0.696. The van der Waals surface area contributed by atoms with E-state index >= 15 is 0 Å². The number of unbranched alkanes of at least 4 members (excludes halogenated alkanes) is 7. The van der Waals surface area contributed by atoms with Gasteiger partial charge >= 0.3 is 19.8 Å². The fourth-order valence-electron chi connectivity index (χ4n) is 5.98. The van der Waals surface area contributed by atoms with Crippen molar-refractivity contribution in [2.75, 3.05) is 47.5 Å². The molecule has 0 radical (unpaired) electrons. The average Bonchev–Trinajstić information content (AvgIpc) is 3.43. The van der Waals surface area contributed by atoms with Gasteiger partial charge in [0.15, 0.2) is 6.10 Å². The number of hydrogen-bond donors (Lipinski definition) is 3. The van der Waals surface area contributed by atoms with Gasteiger partial charge in [-0.05, 0) is 69.9 Å². The third-order valence-corrected chi connectivity index (χ3v) is 10.7. The van der Waals surface area contributed by atoms with Gasteiger partial charge in [0.2, 0.25) is 0 Å². The summed E-state index contributed by atoms with van der Waals surface area (Å²) in [5, 5.41) is 20.2. The standard InChI is InChI=1S/C46H78NO11P/c1-8-10-20-27-40(48)28-21-16-12-11-13-17-22-29-41(49)30-25-33-45(50)54-36-42(37-56-59(52,53)55-35-34-47(5,6)7)57-46(51)32-24-19-15-14-18-23-31-44-39(4)38(3)43(58-44)26-9-2/h12-13,16-17,21-22,28-29,40-42,48-49H,8-11,14-15,18-20,23-27,30-37H2,1-7H3/p+1/b16-12-,17-13-,28-21+,29-22+/t40-,41-,42+/m0/s1. The molecule has 0 fully saturated rings. The van der Waals surface area contributed by atoms with Crippen molar-refractivity contribution in [3.8, 4) is 0 Å². The maximum absolute atomic E-state index is 12.8. The summed E-state index contributed by atoms with van der Waals surface area (Å²) in [5.41, 5.74) is 2.54. The molecule has 59 heavy (non-hydrogen) atoms. The van der Waals surface area contributed by atoms with E-state index in [0.717, 1.165) is 88.6 Å². The Morgan fingerprint density at radius 2 is 1.29 bits per heavy atom. The van der Waals surface area contributed by atoms with Crippen LogP contribution in [0.25, 0.3) is 0 Å². The van der Waals surface area contributed by atoms with Crippen LogP contribution in [-0.4, -0.2) is 97.3 Å². The van der Waals surface area contributed by atoms with Crippen LogP contribution in [0.5, 0.6) is 0 Å². The summed E-state index contributed by atoms with van der Waals surface area (Å²) in [4.78, 5) is 35.5. The summed E-state index contributed by atoms with van der Waals surface area (Å²) in [5.74, 6) is 1.14. The zero-order chi connectivity index (χ0) is 43.9. The summed E-state index contributed by atoms with van der Waals surface area (Å²) >= 11 is 0. The Kier molecular flexibility index (Phi) is 29.4. The molecule has 0 spiro atoms. The van der Waals surface area contributed by atoms with E-state index in [0.29, 0.717) is 36.7 Å². The zero-order valence-corrected chi connectivity index (χ0v) is 38.3. The average molecular weight is 853 g/mol. The smallest absolute Gasteiger partial charge is 0.466 e. The van der Waals surface area contributed by atoms with Gasteiger partial charge in [0.25, 0.3) is 0 Å². The van der Waals surface area contributed by atoms with Crippen LogP contribution in [0.15, 0.2) is 53.0 Å². The molecule has 1 aromatic rings. The van der Waals surface area contributed by atoms with Gasteiger partial charge in [0, 0.05) is 25.7 Å². The number of likely N-dealkylation sites (N-methyl/N-ethyl adjacent to an activating group) is 1. The highest BCUT2D eigenvalue weighted by atomic mass is 31.2. The molecular weight excluding hydrogens is 773 g/mol. The molecule has 4 atom stereocenters. The molecule has 1 heterocycles. The first-order valence-corrected chi connectivity index (χ1v) is 23.4. The van der Waals surface area contributed by atoms with E-state index in [-0.39, 0.29) is 26.1 Å². The third-order valence-electron chi connectivity index (χ3n) is 9.74. The van der Waals surface area contributed by atoms with Crippen LogP contribution < -0.4 is 0 Å². The normalized spacial score (nSPS) is 15.1. The van der Waals surface area contributed by atoms with Gasteiger partial charge in [-0.15, -0.1) is 0 Å². The Bertz CT molecular complexity index is 1460. The number of quaternary nitrogens is 1. The van der Waals surface area contributed by atoms with E-state index in [1.54, 1.807) is 18.2 Å². The Morgan fingerprint density at radius 1 is 0.712 bits per heavy atom. The Hall–Kier alpha value is -2.83. The molecule has 0 aromatic carbocycles. The Balaban J connectivity index is 2.48. The number of phosphoric ester groups is 1. The highest BCUT2D eigenvalue weighted by molar-refractivity contribution is 7.47. The SMILES string of the molecule is CCCCC[C@H](O)/C=C/C=C\C/C=C\C=C\[C@H](O)CCCC(=O)OC[C@H](COP(=O)(O)OCC[N+](C)(C)C)OC(=O)CCCCCCCCc1oc(CCC)c(C)c1C. The van der Waals surface area contributed by atoms with Crippen LogP contribution >= 0.6 is 7.82 Å². The molecule has 1 rings (SSSR count). The number of carbonyl (C=O) groups excluding carboxylic acids is 2. The first kappa shape index (κ1) is 54.2. The number of rotatable bonds is 35. The number of phosphoric acid groups is 1. The lowest BCUT2D eigenvalue weighted by Gasteiger charge is -2.24. The third kappa shape index (κ3) is 29.1. The summed E-state index contributed by atoms with van der Waals surface area (Å²) in [6, 6.07) is 0. The minimum Gasteiger partial charge on any atom is -0.466 e. The quantitative estimate of drug-likeness (QED) is 0.0196. The first-order valence-electron chi connectivity index (χ1n) is 21.9. The molecule has 0 amide bonds. The minimum absolute atomic E-state index is 0.0168. The van der Waals surface area contributed by atoms with Crippen molar-refractivity contribution in [1.82, 2.24) is 0 Å². The molecule has 1 unspecified atom stereocenters. The second-order valence-electron chi connectivity index (χ2n) is 16.4. The number of carbonyl (C=O) groups is 2. The maximum Gasteiger partial charge on any atom is 0.472 e. The van der Waals surface area contributed by atoms with Gasteiger partial charge in [-0.2, -0.15) is 0 Å². The van der Waals surface area contributed by atoms with Crippen LogP contribution in [0.3, 0.4) is 0 Å². The van der Waals surface area contributed by atoms with Gasteiger partial charge in [-0.25, -0.2) is 4.57 Å². The fourth-order valence-corrected chi connectivity index (χ4v) is 6.72. The monoisotopic (exact) mass is 853 g/mol. The molecular formula is C46H79NO11P+. The maximum atomic E-state index is 12.8. The Morgan fingerprint density at radius 3 is 1.90 bits per heavy atom. The highest BCUT2D eigenvalue weighted by Gasteiger charge is 2.27. The van der Waals surface area contributed by atoms with Crippen molar-refractivity contribution in [1.29, 1.82) is 0 Å². The number of esters is 2. The number of allylic oxidation sites excluding steroid dienone is 6. The summed E-state index contributed by atoms with van der Waals surface area (Å²) in [7, 11) is 1.31. The van der Waals surface area contributed by atoms with Crippen molar-refractivity contribution in [2.45, 2.75) is 162 Å². The van der Waals surface area contributed by atoms with Gasteiger partial charge in [-0.1, -0.05) is 107 Å². The second kappa shape index (κ2) is 32.0. The number of hydrogen-bond acceptors (Lipinski definition) is 10. The van der Waals surface area contributed by atoms with Gasteiger partial charge in [0.05, 0.1) is 40.0 Å². The number of aryl methyl sites for hydroxylation is 2. The van der Waals surface area contributed by atoms with Crippen LogP contribution in [0.2, 0.25) is 0 Å². The molecule has 13 heteroatoms. The van der Waals surface area contributed by atoms with Gasteiger partial charge < -0.3 is 33.5 Å². The van der Waals surface area contributed by atoms with E-state index in [4.69, 9.17) is 22.9 Å². The Labute approximate surface area is 355 Å². The van der Waals surface area contributed by atoms with E-state index in [1.807, 2.05) is 51.5 Å². The van der Waals surface area contributed by atoms with E-state index in [2.05, 4.69) is 27.7 Å². The van der Waals surface area contributed by atoms with Gasteiger partial charge in [0.1, 0.15) is 31.3 Å². The molecule has 338 valence electrons. The van der Waals surface area contributed by atoms with Gasteiger partial charge in [-0.3, -0.25) is 18.6 Å². The predicted octanol–water partition coefficient (Wildman–Crippen LogP) is 9.50. The molecule has 0 aliphatic heterocycles.